The highest BCUT2D eigenvalue weighted by Crippen LogP contribution is 2.38. The Morgan fingerprint density at radius 3 is 2.80 bits per heavy atom. The molecule has 3 aliphatic heterocycles. The Morgan fingerprint density at radius 2 is 2.00 bits per heavy atom. The van der Waals surface area contributed by atoms with Crippen molar-refractivity contribution in [3.63, 3.8) is 0 Å². The van der Waals surface area contributed by atoms with Crippen LogP contribution < -0.4 is 20.9 Å². The van der Waals surface area contributed by atoms with Crippen molar-refractivity contribution < 1.29 is 4.74 Å². The molecular formula is C22H27ClN6O. The highest BCUT2D eigenvalue weighted by molar-refractivity contribution is 6.30. The van der Waals surface area contributed by atoms with E-state index >= 15 is 0 Å². The molecule has 1 aromatic carbocycles. The van der Waals surface area contributed by atoms with Gasteiger partial charge in [0, 0.05) is 30.7 Å². The summed E-state index contributed by atoms with van der Waals surface area (Å²) in [6, 6.07) is 10.0. The van der Waals surface area contributed by atoms with Gasteiger partial charge < -0.3 is 25.6 Å². The zero-order chi connectivity index (χ0) is 20.4. The van der Waals surface area contributed by atoms with Gasteiger partial charge in [-0.25, -0.2) is 9.98 Å². The molecule has 0 saturated carbocycles. The molecule has 0 unspecified atom stereocenters. The molecule has 2 saturated heterocycles. The predicted octanol–water partition coefficient (Wildman–Crippen LogP) is 2.94. The Balaban J connectivity index is 1.44. The van der Waals surface area contributed by atoms with Crippen LogP contribution in [0, 0.1) is 0 Å². The summed E-state index contributed by atoms with van der Waals surface area (Å²) in [6.45, 7) is 5.80. The lowest BCUT2D eigenvalue weighted by Crippen LogP contribution is -2.58. The summed E-state index contributed by atoms with van der Waals surface area (Å²) in [6.07, 6.45) is 3.87. The van der Waals surface area contributed by atoms with Crippen LogP contribution in [0.15, 0.2) is 41.5 Å². The van der Waals surface area contributed by atoms with Crippen LogP contribution in [-0.4, -0.2) is 55.8 Å². The minimum atomic E-state index is -0.195. The number of hydrogen-bond acceptors (Lipinski definition) is 7. The number of ether oxygens (including phenoxy) is 1. The van der Waals surface area contributed by atoms with Gasteiger partial charge in [-0.05, 0) is 43.6 Å². The number of nitrogens with one attached hydrogen (secondary N) is 3. The van der Waals surface area contributed by atoms with Crippen LogP contribution in [0.3, 0.4) is 0 Å². The standard InChI is InChI=1S/C22H27ClN6O/c23-17-3-1-2-16(12-17)14-26-21-22(4-6-24-7-5-22)28-19-15-25-20(13-18(19)27-21)29-8-10-30-11-9-29/h1-3,12-13,15,24,28H,4-11,14H2,(H,26,27). The first-order chi connectivity index (χ1) is 14.7. The van der Waals surface area contributed by atoms with Crippen LogP contribution >= 0.6 is 11.6 Å². The molecule has 0 aliphatic carbocycles. The zero-order valence-electron chi connectivity index (χ0n) is 17.0. The van der Waals surface area contributed by atoms with Crippen molar-refractivity contribution in [1.82, 2.24) is 15.6 Å². The summed E-state index contributed by atoms with van der Waals surface area (Å²) in [5.74, 6) is 1.95. The molecule has 8 heteroatoms. The highest BCUT2D eigenvalue weighted by atomic mass is 35.5. The van der Waals surface area contributed by atoms with Crippen molar-refractivity contribution in [2.24, 2.45) is 4.99 Å². The summed E-state index contributed by atoms with van der Waals surface area (Å²) in [5.41, 5.74) is 2.88. The fourth-order valence-electron chi connectivity index (χ4n) is 4.39. The Labute approximate surface area is 181 Å². The van der Waals surface area contributed by atoms with Crippen molar-refractivity contribution in [3.8, 4) is 0 Å². The Hall–Kier alpha value is -2.35. The Bertz CT molecular complexity index is 937. The Morgan fingerprint density at radius 1 is 1.17 bits per heavy atom. The molecule has 5 rings (SSSR count). The van der Waals surface area contributed by atoms with Crippen LogP contribution in [0.1, 0.15) is 18.4 Å². The third kappa shape index (κ3) is 3.97. The van der Waals surface area contributed by atoms with E-state index < -0.39 is 0 Å². The molecule has 30 heavy (non-hydrogen) atoms. The number of rotatable bonds is 3. The van der Waals surface area contributed by atoms with E-state index in [1.54, 1.807) is 0 Å². The predicted molar refractivity (Wildman–Crippen MR) is 121 cm³/mol. The first-order valence-corrected chi connectivity index (χ1v) is 11.0. The summed E-state index contributed by atoms with van der Waals surface area (Å²) in [7, 11) is 0. The fraction of sp³-hybridized carbons (Fsp3) is 0.455. The Kier molecular flexibility index (Phi) is 5.50. The molecule has 2 aromatic rings. The van der Waals surface area contributed by atoms with Crippen molar-refractivity contribution in [2.75, 3.05) is 49.6 Å². The van der Waals surface area contributed by atoms with Crippen molar-refractivity contribution in [1.29, 1.82) is 0 Å². The topological polar surface area (TPSA) is 73.8 Å². The van der Waals surface area contributed by atoms with E-state index in [0.717, 1.165) is 85.8 Å². The number of aliphatic imine (C=N–C) groups is 1. The number of benzene rings is 1. The van der Waals surface area contributed by atoms with E-state index in [9.17, 15) is 0 Å². The molecule has 1 aromatic heterocycles. The van der Waals surface area contributed by atoms with Crippen LogP contribution in [-0.2, 0) is 11.3 Å². The molecule has 0 bridgehead atoms. The van der Waals surface area contributed by atoms with Crippen molar-refractivity contribution in [3.05, 3.63) is 47.1 Å². The maximum Gasteiger partial charge on any atom is 0.130 e. The van der Waals surface area contributed by atoms with Gasteiger partial charge in [0.05, 0.1) is 36.3 Å². The number of aromatic nitrogens is 1. The van der Waals surface area contributed by atoms with Gasteiger partial charge in [-0.2, -0.15) is 0 Å². The van der Waals surface area contributed by atoms with Crippen molar-refractivity contribution >= 4 is 34.6 Å². The summed E-state index contributed by atoms with van der Waals surface area (Å²) >= 11 is 6.17. The number of nitrogens with zero attached hydrogens (tertiary/aromatic N) is 3. The first kappa shape index (κ1) is 19.6. The van der Waals surface area contributed by atoms with Crippen LogP contribution in [0.4, 0.5) is 17.2 Å². The summed E-state index contributed by atoms with van der Waals surface area (Å²) < 4.78 is 5.47. The van der Waals surface area contributed by atoms with Gasteiger partial charge in [0.1, 0.15) is 11.7 Å². The number of amidine groups is 1. The lowest BCUT2D eigenvalue weighted by atomic mass is 9.85. The minimum Gasteiger partial charge on any atom is -0.378 e. The summed E-state index contributed by atoms with van der Waals surface area (Å²) in [4.78, 5) is 12.1. The number of piperidine rings is 1. The molecular weight excluding hydrogens is 400 g/mol. The van der Waals surface area contributed by atoms with E-state index in [-0.39, 0.29) is 5.54 Å². The second-order valence-corrected chi connectivity index (χ2v) is 8.50. The van der Waals surface area contributed by atoms with Crippen LogP contribution in [0.5, 0.6) is 0 Å². The maximum atomic E-state index is 6.17. The van der Waals surface area contributed by atoms with Crippen LogP contribution in [0.2, 0.25) is 5.02 Å². The van der Waals surface area contributed by atoms with Gasteiger partial charge >= 0.3 is 0 Å². The first-order valence-electron chi connectivity index (χ1n) is 10.6. The second kappa shape index (κ2) is 8.41. The third-order valence-corrected chi connectivity index (χ3v) is 6.30. The minimum absolute atomic E-state index is 0.195. The molecule has 2 fully saturated rings. The van der Waals surface area contributed by atoms with Gasteiger partial charge in [0.2, 0.25) is 0 Å². The normalized spacial score (nSPS) is 20.3. The van der Waals surface area contributed by atoms with E-state index in [4.69, 9.17) is 26.3 Å². The molecule has 0 amide bonds. The molecule has 0 radical (unpaired) electrons. The van der Waals surface area contributed by atoms with Gasteiger partial charge in [0.25, 0.3) is 0 Å². The highest BCUT2D eigenvalue weighted by Gasteiger charge is 2.40. The molecule has 1 spiro atoms. The van der Waals surface area contributed by atoms with E-state index in [1.807, 2.05) is 24.4 Å². The average molecular weight is 427 g/mol. The molecule has 3 N–H and O–H groups in total. The summed E-state index contributed by atoms with van der Waals surface area (Å²) in [5, 5.41) is 11.6. The van der Waals surface area contributed by atoms with Crippen LogP contribution in [0.25, 0.3) is 0 Å². The van der Waals surface area contributed by atoms with Gasteiger partial charge in [0.15, 0.2) is 0 Å². The molecule has 3 aliphatic rings. The number of anilines is 2. The maximum absolute atomic E-state index is 6.17. The molecule has 158 valence electrons. The second-order valence-electron chi connectivity index (χ2n) is 8.06. The molecule has 7 nitrogen and oxygen atoms in total. The largest absolute Gasteiger partial charge is 0.378 e. The van der Waals surface area contributed by atoms with Gasteiger partial charge in [-0.3, -0.25) is 0 Å². The van der Waals surface area contributed by atoms with Gasteiger partial charge in [-0.15, -0.1) is 0 Å². The van der Waals surface area contributed by atoms with Gasteiger partial charge in [-0.1, -0.05) is 23.7 Å². The van der Waals surface area contributed by atoms with Crippen molar-refractivity contribution in [2.45, 2.75) is 24.9 Å². The smallest absolute Gasteiger partial charge is 0.130 e. The molecule has 4 heterocycles. The number of pyridine rings is 1. The lowest BCUT2D eigenvalue weighted by Gasteiger charge is -2.43. The number of halogens is 1. The third-order valence-electron chi connectivity index (χ3n) is 6.07. The van der Waals surface area contributed by atoms with E-state index in [1.165, 1.54) is 0 Å². The van der Waals surface area contributed by atoms with E-state index in [2.05, 4.69) is 33.0 Å². The number of fused-ring (bicyclic) bond motifs is 1. The fourth-order valence-corrected chi connectivity index (χ4v) is 4.60. The van der Waals surface area contributed by atoms with E-state index in [0.29, 0.717) is 6.54 Å². The zero-order valence-corrected chi connectivity index (χ0v) is 17.7. The quantitative estimate of drug-likeness (QED) is 0.700. The molecule has 0 atom stereocenters. The SMILES string of the molecule is Clc1cccc(CNC2=Nc3cc(N4CCOCC4)ncc3NC23CCNCC3)c1. The lowest BCUT2D eigenvalue weighted by molar-refractivity contribution is 0.122. The number of hydrogen-bond donors (Lipinski definition) is 3. The number of morpholine rings is 1. The average Bonchev–Trinajstić information content (AvgIpc) is 2.79. The monoisotopic (exact) mass is 426 g/mol.